The summed E-state index contributed by atoms with van der Waals surface area (Å²) in [6.07, 6.45) is 5.62. The molecule has 0 aliphatic carbocycles. The van der Waals surface area contributed by atoms with Crippen molar-refractivity contribution in [2.24, 2.45) is 0 Å². The van der Waals surface area contributed by atoms with Crippen LogP contribution in [-0.2, 0) is 13.1 Å². The molecule has 130 valence electrons. The number of aliphatic hydroxyl groups excluding tert-OH is 1. The zero-order valence-corrected chi connectivity index (χ0v) is 14.2. The first-order valence-electron chi connectivity index (χ1n) is 8.42. The van der Waals surface area contributed by atoms with Crippen LogP contribution in [0.3, 0.4) is 0 Å². The molecule has 0 saturated heterocycles. The van der Waals surface area contributed by atoms with Crippen molar-refractivity contribution >= 4 is 6.03 Å². The van der Waals surface area contributed by atoms with E-state index in [0.29, 0.717) is 26.2 Å². The molecule has 0 spiro atoms. The van der Waals surface area contributed by atoms with E-state index in [1.807, 2.05) is 41.2 Å². The third-order valence-electron chi connectivity index (χ3n) is 3.88. The topological polar surface area (TPSA) is 70.4 Å². The van der Waals surface area contributed by atoms with Crippen molar-refractivity contribution in [3.8, 4) is 0 Å². The van der Waals surface area contributed by atoms with Crippen LogP contribution in [0, 0.1) is 0 Å². The molecule has 2 rings (SSSR count). The van der Waals surface area contributed by atoms with Gasteiger partial charge in [0.25, 0.3) is 0 Å². The fraction of sp³-hybridized carbons (Fsp3) is 0.444. The van der Waals surface area contributed by atoms with Gasteiger partial charge in [-0.05, 0) is 23.6 Å². The summed E-state index contributed by atoms with van der Waals surface area (Å²) in [5.41, 5.74) is 2.20. The second-order valence-corrected chi connectivity index (χ2v) is 5.70. The highest BCUT2D eigenvalue weighted by Crippen LogP contribution is 2.10. The maximum atomic E-state index is 12.3. The minimum atomic E-state index is -0.133. The fourth-order valence-corrected chi connectivity index (χ4v) is 2.52. The SMILES string of the molecule is CCCCN(CCO)C(=O)NCc1ccccc1Cn1cccn1. The Morgan fingerprint density at radius 1 is 1.25 bits per heavy atom. The lowest BCUT2D eigenvalue weighted by Gasteiger charge is -2.22. The molecule has 2 N–H and O–H groups in total. The van der Waals surface area contributed by atoms with Crippen LogP contribution in [0.15, 0.2) is 42.7 Å². The Bertz CT molecular complexity index is 613. The minimum absolute atomic E-state index is 0.0208. The van der Waals surface area contributed by atoms with Gasteiger partial charge in [-0.25, -0.2) is 4.79 Å². The molecule has 0 aliphatic rings. The minimum Gasteiger partial charge on any atom is -0.395 e. The fourth-order valence-electron chi connectivity index (χ4n) is 2.52. The first-order valence-corrected chi connectivity index (χ1v) is 8.42. The number of carbonyl (C=O) groups excluding carboxylic acids is 1. The molecule has 1 aromatic heterocycles. The van der Waals surface area contributed by atoms with Gasteiger partial charge in [-0.2, -0.15) is 5.10 Å². The first kappa shape index (κ1) is 18.0. The monoisotopic (exact) mass is 330 g/mol. The number of unbranched alkanes of at least 4 members (excludes halogenated alkanes) is 1. The van der Waals surface area contributed by atoms with E-state index >= 15 is 0 Å². The molecule has 1 aromatic carbocycles. The van der Waals surface area contributed by atoms with Crippen molar-refractivity contribution in [3.63, 3.8) is 0 Å². The number of amides is 2. The number of nitrogens with zero attached hydrogens (tertiary/aromatic N) is 3. The Balaban J connectivity index is 1.96. The highest BCUT2D eigenvalue weighted by Gasteiger charge is 2.12. The molecule has 0 unspecified atom stereocenters. The summed E-state index contributed by atoms with van der Waals surface area (Å²) in [5, 5.41) is 16.3. The third kappa shape index (κ3) is 5.38. The van der Waals surface area contributed by atoms with Crippen molar-refractivity contribution in [2.75, 3.05) is 19.7 Å². The molecular weight excluding hydrogens is 304 g/mol. The van der Waals surface area contributed by atoms with Gasteiger partial charge in [0, 0.05) is 32.0 Å². The molecule has 0 radical (unpaired) electrons. The average Bonchev–Trinajstić information content (AvgIpc) is 3.10. The van der Waals surface area contributed by atoms with Crippen LogP contribution >= 0.6 is 0 Å². The van der Waals surface area contributed by atoms with E-state index in [0.717, 1.165) is 24.0 Å². The van der Waals surface area contributed by atoms with Crippen molar-refractivity contribution in [3.05, 3.63) is 53.9 Å². The van der Waals surface area contributed by atoms with Gasteiger partial charge in [-0.15, -0.1) is 0 Å². The lowest BCUT2D eigenvalue weighted by molar-refractivity contribution is 0.176. The number of hydrogen-bond acceptors (Lipinski definition) is 3. The summed E-state index contributed by atoms with van der Waals surface area (Å²) in [6, 6.07) is 9.78. The quantitative estimate of drug-likeness (QED) is 0.741. The summed E-state index contributed by atoms with van der Waals surface area (Å²) >= 11 is 0. The van der Waals surface area contributed by atoms with Crippen molar-refractivity contribution < 1.29 is 9.90 Å². The highest BCUT2D eigenvalue weighted by molar-refractivity contribution is 5.74. The molecule has 0 saturated carbocycles. The standard InChI is InChI=1S/C18H26N4O2/c1-2-3-10-21(12-13-23)18(24)19-14-16-7-4-5-8-17(16)15-22-11-6-9-20-22/h4-9,11,23H,2-3,10,12-15H2,1H3,(H,19,24). The number of rotatable bonds is 9. The van der Waals surface area contributed by atoms with E-state index in [2.05, 4.69) is 17.3 Å². The highest BCUT2D eigenvalue weighted by atomic mass is 16.3. The normalized spacial score (nSPS) is 10.6. The van der Waals surface area contributed by atoms with Crippen molar-refractivity contribution in [1.82, 2.24) is 20.0 Å². The van der Waals surface area contributed by atoms with Crippen LogP contribution in [0.1, 0.15) is 30.9 Å². The molecule has 24 heavy (non-hydrogen) atoms. The number of benzene rings is 1. The zero-order valence-electron chi connectivity index (χ0n) is 14.2. The Morgan fingerprint density at radius 3 is 2.71 bits per heavy atom. The molecule has 1 heterocycles. The van der Waals surface area contributed by atoms with E-state index in [9.17, 15) is 4.79 Å². The molecule has 0 atom stereocenters. The summed E-state index contributed by atoms with van der Waals surface area (Å²) in [5.74, 6) is 0. The Labute approximate surface area is 143 Å². The summed E-state index contributed by atoms with van der Waals surface area (Å²) < 4.78 is 1.86. The smallest absolute Gasteiger partial charge is 0.317 e. The number of hydrogen-bond donors (Lipinski definition) is 2. The Hall–Kier alpha value is -2.34. The zero-order chi connectivity index (χ0) is 17.2. The maximum Gasteiger partial charge on any atom is 0.317 e. The Morgan fingerprint density at radius 2 is 2.04 bits per heavy atom. The summed E-state index contributed by atoms with van der Waals surface area (Å²) in [4.78, 5) is 14.0. The van der Waals surface area contributed by atoms with E-state index in [1.54, 1.807) is 11.1 Å². The summed E-state index contributed by atoms with van der Waals surface area (Å²) in [7, 11) is 0. The molecule has 0 fully saturated rings. The molecule has 6 heteroatoms. The van der Waals surface area contributed by atoms with E-state index in [-0.39, 0.29) is 12.6 Å². The van der Waals surface area contributed by atoms with Crippen LogP contribution < -0.4 is 5.32 Å². The predicted molar refractivity (Wildman–Crippen MR) is 93.6 cm³/mol. The first-order chi connectivity index (χ1) is 11.7. The number of urea groups is 1. The molecular formula is C18H26N4O2. The van der Waals surface area contributed by atoms with Crippen LogP contribution in [-0.4, -0.2) is 45.5 Å². The van der Waals surface area contributed by atoms with E-state index < -0.39 is 0 Å². The Kier molecular flexibility index (Phi) is 7.29. The number of aromatic nitrogens is 2. The number of aliphatic hydroxyl groups is 1. The second-order valence-electron chi connectivity index (χ2n) is 5.70. The second kappa shape index (κ2) is 9.72. The van der Waals surface area contributed by atoms with Gasteiger partial charge in [0.1, 0.15) is 0 Å². The lowest BCUT2D eigenvalue weighted by atomic mass is 10.1. The third-order valence-corrected chi connectivity index (χ3v) is 3.88. The van der Waals surface area contributed by atoms with Crippen LogP contribution in [0.5, 0.6) is 0 Å². The van der Waals surface area contributed by atoms with Gasteiger partial charge >= 0.3 is 6.03 Å². The molecule has 2 amide bonds. The molecule has 2 aromatic rings. The van der Waals surface area contributed by atoms with Gasteiger partial charge in [-0.1, -0.05) is 37.6 Å². The lowest BCUT2D eigenvalue weighted by Crippen LogP contribution is -2.41. The number of carbonyl (C=O) groups is 1. The van der Waals surface area contributed by atoms with Crippen molar-refractivity contribution in [2.45, 2.75) is 32.9 Å². The average molecular weight is 330 g/mol. The summed E-state index contributed by atoms with van der Waals surface area (Å²) in [6.45, 7) is 4.23. The van der Waals surface area contributed by atoms with Gasteiger partial charge < -0.3 is 15.3 Å². The number of nitrogens with one attached hydrogen (secondary N) is 1. The molecule has 0 aliphatic heterocycles. The molecule has 6 nitrogen and oxygen atoms in total. The van der Waals surface area contributed by atoms with Gasteiger partial charge in [0.2, 0.25) is 0 Å². The van der Waals surface area contributed by atoms with Crippen LogP contribution in [0.4, 0.5) is 4.79 Å². The predicted octanol–water partition coefficient (Wildman–Crippen LogP) is 2.24. The van der Waals surface area contributed by atoms with E-state index in [4.69, 9.17) is 5.11 Å². The van der Waals surface area contributed by atoms with Gasteiger partial charge in [-0.3, -0.25) is 4.68 Å². The van der Waals surface area contributed by atoms with Gasteiger partial charge in [0.05, 0.1) is 13.2 Å². The maximum absolute atomic E-state index is 12.3. The van der Waals surface area contributed by atoms with Gasteiger partial charge in [0.15, 0.2) is 0 Å². The van der Waals surface area contributed by atoms with Crippen molar-refractivity contribution in [1.29, 1.82) is 0 Å². The van der Waals surface area contributed by atoms with E-state index in [1.165, 1.54) is 0 Å². The van der Waals surface area contributed by atoms with Crippen LogP contribution in [0.25, 0.3) is 0 Å². The largest absolute Gasteiger partial charge is 0.395 e. The van der Waals surface area contributed by atoms with Crippen LogP contribution in [0.2, 0.25) is 0 Å². The molecule has 0 bridgehead atoms.